The van der Waals surface area contributed by atoms with E-state index in [1.165, 1.54) is 29.7 Å². The number of ether oxygens (including phenoxy) is 1. The summed E-state index contributed by atoms with van der Waals surface area (Å²) < 4.78 is 34.7. The van der Waals surface area contributed by atoms with Crippen LogP contribution in [-0.2, 0) is 10.0 Å². The normalized spacial score (nSPS) is 14.8. The van der Waals surface area contributed by atoms with Crippen LogP contribution in [0.5, 0.6) is 5.75 Å². The molecule has 0 radical (unpaired) electrons. The molecule has 1 saturated heterocycles. The molecule has 0 aliphatic carbocycles. The number of amides is 1. The molecule has 32 heavy (non-hydrogen) atoms. The molecule has 0 atom stereocenters. The molecule has 4 rings (SSSR count). The lowest BCUT2D eigenvalue weighted by atomic mass is 10.2. The second kappa shape index (κ2) is 9.13. The molecule has 1 amide bonds. The van der Waals surface area contributed by atoms with E-state index in [9.17, 15) is 13.2 Å². The highest BCUT2D eigenvalue weighted by molar-refractivity contribution is 7.89. The molecule has 0 spiro atoms. The summed E-state index contributed by atoms with van der Waals surface area (Å²) >= 11 is 0. The van der Waals surface area contributed by atoms with Crippen molar-refractivity contribution < 1.29 is 17.9 Å². The molecule has 2 aromatic carbocycles. The third-order valence-electron chi connectivity index (χ3n) is 5.63. The third kappa shape index (κ3) is 4.26. The Labute approximate surface area is 187 Å². The van der Waals surface area contributed by atoms with Crippen LogP contribution in [0.1, 0.15) is 35.3 Å². The van der Waals surface area contributed by atoms with Crippen LogP contribution in [0.4, 0.5) is 5.69 Å². The fourth-order valence-corrected chi connectivity index (χ4v) is 5.40. The number of nitrogens with zero attached hydrogens (tertiary/aromatic N) is 3. The molecule has 1 aromatic heterocycles. The van der Waals surface area contributed by atoms with Gasteiger partial charge in [0.15, 0.2) is 0 Å². The van der Waals surface area contributed by atoms with E-state index in [1.54, 1.807) is 10.7 Å². The molecule has 0 unspecified atom stereocenters. The van der Waals surface area contributed by atoms with E-state index in [0.29, 0.717) is 35.8 Å². The minimum absolute atomic E-state index is 0.132. The van der Waals surface area contributed by atoms with Crippen molar-refractivity contribution in [2.24, 2.45) is 0 Å². The second-order valence-electron chi connectivity index (χ2n) is 7.67. The molecule has 9 heteroatoms. The maximum Gasteiger partial charge on any atom is 0.259 e. The Balaban J connectivity index is 1.62. The molecule has 8 nitrogen and oxygen atoms in total. The smallest absolute Gasteiger partial charge is 0.259 e. The number of sulfonamides is 1. The minimum atomic E-state index is -3.64. The third-order valence-corrected chi connectivity index (χ3v) is 7.52. The molecular formula is C23H26N4O4S. The number of carbonyl (C=O) groups is 1. The molecule has 0 bridgehead atoms. The van der Waals surface area contributed by atoms with Gasteiger partial charge in [-0.1, -0.05) is 24.6 Å². The minimum Gasteiger partial charge on any atom is -0.495 e. The zero-order valence-electron chi connectivity index (χ0n) is 18.1. The Morgan fingerprint density at radius 1 is 1.06 bits per heavy atom. The van der Waals surface area contributed by atoms with E-state index in [2.05, 4.69) is 10.4 Å². The standard InChI is InChI=1S/C23H26N4O4S/c1-17-20(16-24-27(17)18-9-5-3-6-10-18)23(28)25-21-15-19(11-12-22(21)31-2)32(29,30)26-13-7-4-8-14-26/h3,5-6,9-12,15-16H,4,7-8,13-14H2,1-2H3,(H,25,28). The van der Waals surface area contributed by atoms with Gasteiger partial charge in [-0.15, -0.1) is 0 Å². The second-order valence-corrected chi connectivity index (χ2v) is 9.61. The van der Waals surface area contributed by atoms with Crippen molar-refractivity contribution in [1.82, 2.24) is 14.1 Å². The number of anilines is 1. The van der Waals surface area contributed by atoms with E-state index < -0.39 is 15.9 Å². The lowest BCUT2D eigenvalue weighted by molar-refractivity contribution is 0.102. The predicted molar refractivity (Wildman–Crippen MR) is 122 cm³/mol. The first-order chi connectivity index (χ1) is 15.4. The average molecular weight is 455 g/mol. The summed E-state index contributed by atoms with van der Waals surface area (Å²) in [7, 11) is -2.17. The van der Waals surface area contributed by atoms with Crippen LogP contribution in [0, 0.1) is 6.92 Å². The van der Waals surface area contributed by atoms with E-state index in [0.717, 1.165) is 24.9 Å². The van der Waals surface area contributed by atoms with Crippen LogP contribution < -0.4 is 10.1 Å². The largest absolute Gasteiger partial charge is 0.495 e. The zero-order chi connectivity index (χ0) is 22.7. The lowest BCUT2D eigenvalue weighted by Crippen LogP contribution is -2.35. The Morgan fingerprint density at radius 3 is 2.47 bits per heavy atom. The molecular weight excluding hydrogens is 428 g/mol. The van der Waals surface area contributed by atoms with Gasteiger partial charge in [0, 0.05) is 13.1 Å². The summed E-state index contributed by atoms with van der Waals surface area (Å²) in [6, 6.07) is 14.0. The highest BCUT2D eigenvalue weighted by atomic mass is 32.2. The summed E-state index contributed by atoms with van der Waals surface area (Å²) in [5, 5.41) is 7.13. The summed E-state index contributed by atoms with van der Waals surface area (Å²) in [6.07, 6.45) is 4.23. The highest BCUT2D eigenvalue weighted by Gasteiger charge is 2.27. The number of benzene rings is 2. The number of hydrogen-bond donors (Lipinski definition) is 1. The quantitative estimate of drug-likeness (QED) is 0.614. The van der Waals surface area contributed by atoms with Gasteiger partial charge in [-0.2, -0.15) is 9.40 Å². The number of carbonyl (C=O) groups excluding carboxylic acids is 1. The van der Waals surface area contributed by atoms with Crippen LogP contribution in [-0.4, -0.2) is 48.6 Å². The number of methoxy groups -OCH3 is 1. The number of nitrogens with one attached hydrogen (secondary N) is 1. The van der Waals surface area contributed by atoms with Crippen LogP contribution in [0.2, 0.25) is 0 Å². The van der Waals surface area contributed by atoms with Gasteiger partial charge in [-0.25, -0.2) is 13.1 Å². The van der Waals surface area contributed by atoms with Crippen molar-refractivity contribution in [2.45, 2.75) is 31.1 Å². The summed E-state index contributed by atoms with van der Waals surface area (Å²) in [5.41, 5.74) is 2.20. The zero-order valence-corrected chi connectivity index (χ0v) is 18.9. The first kappa shape index (κ1) is 22.0. The molecule has 3 aromatic rings. The Hall–Kier alpha value is -3.17. The van der Waals surface area contributed by atoms with Gasteiger partial charge in [0.05, 0.1) is 40.8 Å². The SMILES string of the molecule is COc1ccc(S(=O)(=O)N2CCCCC2)cc1NC(=O)c1cnn(-c2ccccc2)c1C. The molecule has 1 aliphatic rings. The van der Waals surface area contributed by atoms with Crippen LogP contribution in [0.25, 0.3) is 5.69 Å². The summed E-state index contributed by atoms with van der Waals surface area (Å²) in [6.45, 7) is 2.82. The van der Waals surface area contributed by atoms with Crippen LogP contribution in [0.3, 0.4) is 0 Å². The van der Waals surface area contributed by atoms with Gasteiger partial charge in [-0.3, -0.25) is 4.79 Å². The van der Waals surface area contributed by atoms with Crippen molar-refractivity contribution >= 4 is 21.6 Å². The summed E-state index contributed by atoms with van der Waals surface area (Å²) in [4.78, 5) is 13.2. The molecule has 1 fully saturated rings. The molecule has 2 heterocycles. The topological polar surface area (TPSA) is 93.5 Å². The molecule has 1 aliphatic heterocycles. The number of piperidine rings is 1. The van der Waals surface area contributed by atoms with Gasteiger partial charge in [-0.05, 0) is 50.1 Å². The summed E-state index contributed by atoms with van der Waals surface area (Å²) in [5.74, 6) is -0.0143. The van der Waals surface area contributed by atoms with Crippen LogP contribution in [0.15, 0.2) is 59.6 Å². The maximum atomic E-state index is 13.1. The number of para-hydroxylation sites is 1. The average Bonchev–Trinajstić information content (AvgIpc) is 3.21. The van der Waals surface area contributed by atoms with Gasteiger partial charge in [0.2, 0.25) is 10.0 Å². The maximum absolute atomic E-state index is 13.1. The Bertz CT molecular complexity index is 1220. The van der Waals surface area contributed by atoms with Crippen molar-refractivity contribution in [3.05, 3.63) is 66.0 Å². The first-order valence-electron chi connectivity index (χ1n) is 10.5. The van der Waals surface area contributed by atoms with Crippen molar-refractivity contribution in [2.75, 3.05) is 25.5 Å². The van der Waals surface area contributed by atoms with E-state index in [4.69, 9.17) is 4.74 Å². The van der Waals surface area contributed by atoms with Gasteiger partial charge < -0.3 is 10.1 Å². The van der Waals surface area contributed by atoms with Crippen LogP contribution >= 0.6 is 0 Å². The number of rotatable bonds is 6. The lowest BCUT2D eigenvalue weighted by Gasteiger charge is -2.26. The van der Waals surface area contributed by atoms with Gasteiger partial charge in [0.25, 0.3) is 5.91 Å². The Morgan fingerprint density at radius 2 is 1.78 bits per heavy atom. The molecule has 168 valence electrons. The van der Waals surface area contributed by atoms with Crippen molar-refractivity contribution in [3.8, 4) is 11.4 Å². The first-order valence-corrected chi connectivity index (χ1v) is 12.0. The van der Waals surface area contributed by atoms with E-state index in [1.807, 2.05) is 37.3 Å². The van der Waals surface area contributed by atoms with E-state index >= 15 is 0 Å². The number of hydrogen-bond acceptors (Lipinski definition) is 5. The van der Waals surface area contributed by atoms with Gasteiger partial charge in [0.1, 0.15) is 5.75 Å². The Kier molecular flexibility index (Phi) is 6.29. The van der Waals surface area contributed by atoms with Crippen molar-refractivity contribution in [3.63, 3.8) is 0 Å². The monoisotopic (exact) mass is 454 g/mol. The fourth-order valence-electron chi connectivity index (χ4n) is 3.85. The fraction of sp³-hybridized carbons (Fsp3) is 0.304. The predicted octanol–water partition coefficient (Wildman–Crippen LogP) is 3.62. The van der Waals surface area contributed by atoms with E-state index in [-0.39, 0.29) is 4.90 Å². The van der Waals surface area contributed by atoms with Crippen molar-refractivity contribution in [1.29, 1.82) is 0 Å². The molecule has 0 saturated carbocycles. The highest BCUT2D eigenvalue weighted by Crippen LogP contribution is 2.30. The number of aromatic nitrogens is 2. The molecule has 1 N–H and O–H groups in total. The van der Waals surface area contributed by atoms with Gasteiger partial charge >= 0.3 is 0 Å².